The first-order valence-electron chi connectivity index (χ1n) is 7.90. The summed E-state index contributed by atoms with van der Waals surface area (Å²) in [5.74, 6) is 0. The summed E-state index contributed by atoms with van der Waals surface area (Å²) in [7, 11) is 0. The maximum absolute atomic E-state index is 12.1. The number of benzene rings is 1. The molecule has 3 heterocycles. The van der Waals surface area contributed by atoms with Gasteiger partial charge in [-0.3, -0.25) is 14.3 Å². The second-order valence-electron chi connectivity index (χ2n) is 5.83. The second-order valence-corrected chi connectivity index (χ2v) is 8.33. The molecule has 0 bridgehead atoms. The summed E-state index contributed by atoms with van der Waals surface area (Å²) in [6, 6.07) is 9.03. The van der Waals surface area contributed by atoms with Gasteiger partial charge in [0.2, 0.25) is 0 Å². The molecular weight excluding hydrogens is 380 g/mol. The van der Waals surface area contributed by atoms with E-state index in [1.165, 1.54) is 35.8 Å². The van der Waals surface area contributed by atoms with Crippen LogP contribution in [0.3, 0.4) is 0 Å². The Morgan fingerprint density at radius 3 is 2.50 bits per heavy atom. The highest BCUT2D eigenvalue weighted by molar-refractivity contribution is 8.19. The number of hydrogen-bond acceptors (Lipinski definition) is 8. The summed E-state index contributed by atoms with van der Waals surface area (Å²) in [6.07, 6.45) is -2.55. The molecule has 26 heavy (non-hydrogen) atoms. The Labute approximate surface area is 156 Å². The van der Waals surface area contributed by atoms with Crippen LogP contribution in [0.5, 0.6) is 0 Å². The van der Waals surface area contributed by atoms with E-state index in [-0.39, 0.29) is 4.77 Å². The van der Waals surface area contributed by atoms with Crippen molar-refractivity contribution in [2.45, 2.75) is 39.1 Å². The molecule has 8 nitrogen and oxygen atoms in total. The zero-order valence-electron chi connectivity index (χ0n) is 13.3. The van der Waals surface area contributed by atoms with Crippen LogP contribution in [0.1, 0.15) is 6.23 Å². The fourth-order valence-electron chi connectivity index (χ4n) is 2.93. The average molecular weight is 396 g/mol. The van der Waals surface area contributed by atoms with E-state index in [0.29, 0.717) is 0 Å². The summed E-state index contributed by atoms with van der Waals surface area (Å²) < 4.78 is 12.5. The van der Waals surface area contributed by atoms with Gasteiger partial charge >= 0.3 is 5.69 Å². The number of fused-ring (bicyclic) bond motifs is 1. The first-order chi connectivity index (χ1) is 12.6. The van der Waals surface area contributed by atoms with Crippen LogP contribution in [0.2, 0.25) is 0 Å². The summed E-state index contributed by atoms with van der Waals surface area (Å²) >= 11 is 3.01. The van der Waals surface area contributed by atoms with Crippen LogP contribution < -0.4 is 11.2 Å². The zero-order chi connectivity index (χ0) is 18.3. The first kappa shape index (κ1) is 17.8. The van der Waals surface area contributed by atoms with Crippen LogP contribution in [0, 0.1) is 0 Å². The third-order valence-corrected chi connectivity index (χ3v) is 6.72. The number of thioether (sulfide) groups is 2. The van der Waals surface area contributed by atoms with E-state index in [1.54, 1.807) is 0 Å². The number of H-pyrrole nitrogens is 1. The molecule has 10 heteroatoms. The molecule has 1 aromatic carbocycles. The lowest BCUT2D eigenvalue weighted by molar-refractivity contribution is -0.0687. The van der Waals surface area contributed by atoms with Crippen molar-refractivity contribution in [1.29, 1.82) is 0 Å². The zero-order valence-corrected chi connectivity index (χ0v) is 15.0. The van der Waals surface area contributed by atoms with Gasteiger partial charge in [0.1, 0.15) is 18.3 Å². The van der Waals surface area contributed by atoms with Gasteiger partial charge in [-0.2, -0.15) is 0 Å². The van der Waals surface area contributed by atoms with Gasteiger partial charge in [-0.25, -0.2) is 4.79 Å². The number of nitrogens with one attached hydrogen (secondary N) is 1. The summed E-state index contributed by atoms with van der Waals surface area (Å²) in [4.78, 5) is 27.7. The molecule has 1 fully saturated rings. The van der Waals surface area contributed by atoms with Crippen LogP contribution in [0.4, 0.5) is 0 Å². The number of hydrogen-bond donors (Lipinski definition) is 3. The van der Waals surface area contributed by atoms with Crippen molar-refractivity contribution in [3.05, 3.63) is 57.4 Å². The average Bonchev–Trinajstić information content (AvgIpc) is 3.17. The molecule has 0 radical (unpaired) electrons. The third-order valence-electron chi connectivity index (χ3n) is 4.18. The number of nitrogens with zero attached hydrogens (tertiary/aromatic N) is 1. The molecule has 138 valence electrons. The van der Waals surface area contributed by atoms with Crippen molar-refractivity contribution in [2.75, 3.05) is 6.61 Å². The number of rotatable bonds is 4. The molecule has 2 aliphatic heterocycles. The molecule has 0 saturated carbocycles. The molecule has 2 aliphatic rings. The fraction of sp³-hybridized carbons (Fsp3) is 0.375. The molecule has 4 atom stereocenters. The highest BCUT2D eigenvalue weighted by atomic mass is 32.2. The second kappa shape index (κ2) is 7.22. The van der Waals surface area contributed by atoms with Gasteiger partial charge in [0.25, 0.3) is 5.56 Å². The monoisotopic (exact) mass is 396 g/mol. The maximum atomic E-state index is 12.1. The summed E-state index contributed by atoms with van der Waals surface area (Å²) in [6.45, 7) is -0.416. The quantitative estimate of drug-likeness (QED) is 0.679. The Morgan fingerprint density at radius 2 is 1.88 bits per heavy atom. The fourth-order valence-corrected chi connectivity index (χ4v) is 5.50. The van der Waals surface area contributed by atoms with Gasteiger partial charge in [0.15, 0.2) is 11.0 Å². The minimum Gasteiger partial charge on any atom is -0.394 e. The van der Waals surface area contributed by atoms with E-state index in [1.807, 2.05) is 24.3 Å². The van der Waals surface area contributed by atoms with Gasteiger partial charge in [-0.05, 0) is 12.1 Å². The van der Waals surface area contributed by atoms with E-state index in [9.17, 15) is 19.8 Å². The predicted molar refractivity (Wildman–Crippen MR) is 95.1 cm³/mol. The Balaban J connectivity index is 1.59. The van der Waals surface area contributed by atoms with Crippen LogP contribution in [0.25, 0.3) is 0 Å². The highest BCUT2D eigenvalue weighted by Crippen LogP contribution is 2.49. The van der Waals surface area contributed by atoms with E-state index in [2.05, 4.69) is 4.98 Å². The molecule has 2 aromatic rings. The lowest BCUT2D eigenvalue weighted by Crippen LogP contribution is -2.40. The molecule has 0 aliphatic carbocycles. The first-order valence-corrected chi connectivity index (χ1v) is 9.66. The Bertz CT molecular complexity index is 891. The van der Waals surface area contributed by atoms with E-state index < -0.39 is 42.4 Å². The molecule has 3 N–H and O–H groups in total. The van der Waals surface area contributed by atoms with Crippen molar-refractivity contribution in [3.8, 4) is 0 Å². The third kappa shape index (κ3) is 3.24. The van der Waals surface area contributed by atoms with Crippen LogP contribution in [-0.4, -0.2) is 49.5 Å². The van der Waals surface area contributed by atoms with Crippen LogP contribution >= 0.6 is 23.5 Å². The van der Waals surface area contributed by atoms with Crippen LogP contribution in [-0.2, 0) is 9.47 Å². The number of aliphatic hydroxyl groups is 2. The molecule has 4 rings (SSSR count). The predicted octanol–water partition coefficient (Wildman–Crippen LogP) is 0.354. The summed E-state index contributed by atoms with van der Waals surface area (Å²) in [5, 5.41) is 19.9. The maximum Gasteiger partial charge on any atom is 0.330 e. The standard InChI is InChI=1S/C16H16N2O6S2/c19-7-8-12(21)13(14(23-8)18-6-5-11(20)17-15(18)22)24-16-25-9-3-1-2-4-10(9)26-16/h1-6,8,12-14,16,19,21H,7H2,(H,17,20,22)/t8-,12?,13+,14-/m1/s1. The number of ether oxygens (including phenoxy) is 2. The number of aromatic nitrogens is 2. The van der Waals surface area contributed by atoms with Crippen molar-refractivity contribution >= 4 is 23.5 Å². The minimum atomic E-state index is -1.12. The molecule has 0 spiro atoms. The van der Waals surface area contributed by atoms with Crippen molar-refractivity contribution in [2.24, 2.45) is 0 Å². The number of aliphatic hydroxyl groups excluding tert-OH is 2. The van der Waals surface area contributed by atoms with E-state index in [0.717, 1.165) is 14.4 Å². The Hall–Kier alpha value is -1.56. The van der Waals surface area contributed by atoms with E-state index in [4.69, 9.17) is 9.47 Å². The van der Waals surface area contributed by atoms with Crippen molar-refractivity contribution in [3.63, 3.8) is 0 Å². The van der Waals surface area contributed by atoms with Gasteiger partial charge in [-0.15, -0.1) is 0 Å². The normalized spacial score (nSPS) is 28.4. The Kier molecular flexibility index (Phi) is 4.95. The molecule has 1 unspecified atom stereocenters. The minimum absolute atomic E-state index is 0.325. The highest BCUT2D eigenvalue weighted by Gasteiger charge is 2.47. The van der Waals surface area contributed by atoms with Gasteiger partial charge < -0.3 is 19.7 Å². The van der Waals surface area contributed by atoms with Crippen molar-refractivity contribution in [1.82, 2.24) is 9.55 Å². The molecule has 1 aromatic heterocycles. The SMILES string of the molecule is O=c1ccn([C@@H]2O[C@H](CO)C(O)[C@@H]2OC2Sc3ccccc3S2)c(=O)[nH]1. The molecule has 1 saturated heterocycles. The van der Waals surface area contributed by atoms with Gasteiger partial charge in [0, 0.05) is 22.1 Å². The van der Waals surface area contributed by atoms with Crippen molar-refractivity contribution < 1.29 is 19.7 Å². The Morgan fingerprint density at radius 1 is 1.19 bits per heavy atom. The molecular formula is C16H16N2O6S2. The molecule has 0 amide bonds. The van der Waals surface area contributed by atoms with E-state index >= 15 is 0 Å². The summed E-state index contributed by atoms with van der Waals surface area (Å²) in [5.41, 5.74) is -1.20. The largest absolute Gasteiger partial charge is 0.394 e. The van der Waals surface area contributed by atoms with Gasteiger partial charge in [0.05, 0.1) is 6.61 Å². The lowest BCUT2D eigenvalue weighted by Gasteiger charge is -2.24. The van der Waals surface area contributed by atoms with Crippen LogP contribution in [0.15, 0.2) is 55.9 Å². The topological polar surface area (TPSA) is 114 Å². The van der Waals surface area contributed by atoms with Gasteiger partial charge in [-0.1, -0.05) is 35.7 Å². The number of aromatic amines is 1. The smallest absolute Gasteiger partial charge is 0.330 e. The lowest BCUT2D eigenvalue weighted by atomic mass is 10.1.